The van der Waals surface area contributed by atoms with Gasteiger partial charge in [-0.2, -0.15) is 13.7 Å². The van der Waals surface area contributed by atoms with E-state index in [2.05, 4.69) is 4.98 Å². The van der Waals surface area contributed by atoms with Gasteiger partial charge in [-0.15, -0.1) is 0 Å². The van der Waals surface area contributed by atoms with Crippen molar-refractivity contribution in [3.05, 3.63) is 137 Å². The van der Waals surface area contributed by atoms with E-state index in [1.165, 1.54) is 25.4 Å². The molecule has 3 aromatic carbocycles. The van der Waals surface area contributed by atoms with Gasteiger partial charge in [0.1, 0.15) is 11.8 Å². The molecule has 1 aliphatic rings. The van der Waals surface area contributed by atoms with Crippen molar-refractivity contribution in [2.75, 3.05) is 11.4 Å². The van der Waals surface area contributed by atoms with Crippen molar-refractivity contribution in [2.45, 2.75) is 50.2 Å². The highest BCUT2D eigenvalue weighted by Crippen LogP contribution is 2.49. The lowest BCUT2D eigenvalue weighted by atomic mass is 9.71. The fraction of sp³-hybridized carbons (Fsp3) is 0.250. The molecule has 1 aliphatic heterocycles. The van der Waals surface area contributed by atoms with E-state index >= 15 is 0 Å². The summed E-state index contributed by atoms with van der Waals surface area (Å²) in [7, 11) is -2.64. The fourth-order valence-corrected chi connectivity index (χ4v) is 7.01. The van der Waals surface area contributed by atoms with Crippen molar-refractivity contribution in [3.63, 3.8) is 0 Å². The second-order valence-corrected chi connectivity index (χ2v) is 14.3. The fourth-order valence-electron chi connectivity index (χ4n) is 5.91. The van der Waals surface area contributed by atoms with Crippen LogP contribution >= 0.6 is 0 Å². The Morgan fingerprint density at radius 2 is 1.53 bits per heavy atom. The number of carbonyl (C=O) groups excluding carboxylic acids is 1. The van der Waals surface area contributed by atoms with Gasteiger partial charge in [0.05, 0.1) is 16.8 Å². The molecule has 0 saturated carbocycles. The Balaban J connectivity index is 1.59. The number of hydrogen-bond acceptors (Lipinski definition) is 7. The average Bonchev–Trinajstić information content (AvgIpc) is 3.25. The molecule has 0 spiro atoms. The molecule has 0 fully saturated rings. The van der Waals surface area contributed by atoms with Crippen LogP contribution in [0.2, 0.25) is 0 Å². The number of carbonyl (C=O) groups is 1. The van der Waals surface area contributed by atoms with E-state index in [1.54, 1.807) is 18.2 Å². The Kier molecular flexibility index (Phi) is 8.55. The number of nitrogens with zero attached hydrogens (tertiary/aromatic N) is 3. The zero-order valence-electron chi connectivity index (χ0n) is 25.6. The SMILES string of the molecule is CN(c1cccc(C(C2=C(O)C(Cc3ccccc3)(Cc3ccccc3)OC2=O)C(C)(C)C)c1)S(=O)(=O)c1ccc(C#N)cn1. The average molecular weight is 622 g/mol. The van der Waals surface area contributed by atoms with Crippen molar-refractivity contribution >= 4 is 21.7 Å². The number of anilines is 1. The van der Waals surface area contributed by atoms with E-state index in [9.17, 15) is 18.3 Å². The Morgan fingerprint density at radius 1 is 0.933 bits per heavy atom. The number of ether oxygens (including phenoxy) is 1. The zero-order valence-corrected chi connectivity index (χ0v) is 26.5. The van der Waals surface area contributed by atoms with Crippen LogP contribution in [0.4, 0.5) is 5.69 Å². The summed E-state index contributed by atoms with van der Waals surface area (Å²) in [5.41, 5.74) is 1.31. The summed E-state index contributed by atoms with van der Waals surface area (Å²) in [5.74, 6) is -1.36. The van der Waals surface area contributed by atoms with E-state index in [0.29, 0.717) is 11.3 Å². The topological polar surface area (TPSA) is 121 Å². The lowest BCUT2D eigenvalue weighted by Crippen LogP contribution is -2.37. The van der Waals surface area contributed by atoms with E-state index in [1.807, 2.05) is 93.6 Å². The molecule has 1 aromatic heterocycles. The van der Waals surface area contributed by atoms with Gasteiger partial charge < -0.3 is 9.84 Å². The van der Waals surface area contributed by atoms with Crippen LogP contribution in [0.15, 0.2) is 120 Å². The number of pyridine rings is 1. The second-order valence-electron chi connectivity index (χ2n) is 12.3. The third-order valence-electron chi connectivity index (χ3n) is 8.07. The minimum atomic E-state index is -4.06. The van der Waals surface area contributed by atoms with Crippen LogP contribution in [-0.4, -0.2) is 37.1 Å². The predicted octanol–water partition coefficient (Wildman–Crippen LogP) is 6.50. The van der Waals surface area contributed by atoms with Gasteiger partial charge in [-0.1, -0.05) is 93.6 Å². The Bertz CT molecular complexity index is 1830. The van der Waals surface area contributed by atoms with E-state index in [0.717, 1.165) is 15.4 Å². The van der Waals surface area contributed by atoms with Crippen molar-refractivity contribution in [2.24, 2.45) is 5.41 Å². The third kappa shape index (κ3) is 6.33. The standard InChI is InChI=1S/C36H35N3O5S/c1-35(2,3)32(28-16-11-17-29(20-28)39(4)45(42,43)30-19-18-27(23-37)24-38-30)31-33(40)36(44-34(31)41,21-25-12-7-5-8-13-25)22-26-14-9-6-10-15-26/h5-20,24,32,40H,21-22H2,1-4H3. The number of hydrogen-bond donors (Lipinski definition) is 1. The number of esters is 1. The molecule has 9 heteroatoms. The number of benzene rings is 3. The number of cyclic esters (lactones) is 1. The lowest BCUT2D eigenvalue weighted by Gasteiger charge is -2.32. The monoisotopic (exact) mass is 621 g/mol. The van der Waals surface area contributed by atoms with Crippen LogP contribution in [0.3, 0.4) is 0 Å². The first-order valence-corrected chi connectivity index (χ1v) is 16.0. The van der Waals surface area contributed by atoms with Crippen molar-refractivity contribution in [1.82, 2.24) is 4.98 Å². The van der Waals surface area contributed by atoms with Crippen molar-refractivity contribution in [3.8, 4) is 6.07 Å². The van der Waals surface area contributed by atoms with Gasteiger partial charge in [-0.25, -0.2) is 9.78 Å². The first-order valence-electron chi connectivity index (χ1n) is 14.6. The van der Waals surface area contributed by atoms with Gasteiger partial charge in [-0.05, 0) is 46.4 Å². The number of nitriles is 1. The highest BCUT2D eigenvalue weighted by Gasteiger charge is 2.52. The second kappa shape index (κ2) is 12.2. The molecule has 5 rings (SSSR count). The molecule has 1 N–H and O–H groups in total. The van der Waals surface area contributed by atoms with Crippen LogP contribution in [0.1, 0.15) is 48.9 Å². The van der Waals surface area contributed by atoms with E-state index < -0.39 is 32.9 Å². The Labute approximate surface area is 264 Å². The van der Waals surface area contributed by atoms with E-state index in [-0.39, 0.29) is 34.8 Å². The molecule has 0 saturated heterocycles. The normalized spacial score (nSPS) is 15.3. The molecule has 1 unspecified atom stereocenters. The van der Waals surface area contributed by atoms with Gasteiger partial charge in [0.15, 0.2) is 10.6 Å². The molecule has 0 radical (unpaired) electrons. The maximum atomic E-state index is 13.9. The number of aromatic nitrogens is 1. The van der Waals surface area contributed by atoms with Gasteiger partial charge in [-0.3, -0.25) is 4.31 Å². The molecule has 0 aliphatic carbocycles. The highest BCUT2D eigenvalue weighted by molar-refractivity contribution is 7.92. The predicted molar refractivity (Wildman–Crippen MR) is 172 cm³/mol. The molecule has 4 aromatic rings. The summed E-state index contributed by atoms with van der Waals surface area (Å²) in [6, 6.07) is 30.7. The summed E-state index contributed by atoms with van der Waals surface area (Å²) in [6.45, 7) is 5.90. The van der Waals surface area contributed by atoms with Crippen molar-refractivity contribution < 1.29 is 23.1 Å². The quantitative estimate of drug-likeness (QED) is 0.212. The zero-order chi connectivity index (χ0) is 32.4. The Hall–Kier alpha value is -4.94. The molecule has 0 bridgehead atoms. The van der Waals surface area contributed by atoms with Crippen LogP contribution in [0, 0.1) is 16.7 Å². The van der Waals surface area contributed by atoms with Crippen molar-refractivity contribution in [1.29, 1.82) is 5.26 Å². The first-order chi connectivity index (χ1) is 21.4. The lowest BCUT2D eigenvalue weighted by molar-refractivity contribution is -0.148. The summed E-state index contributed by atoms with van der Waals surface area (Å²) in [4.78, 5) is 17.9. The minimum Gasteiger partial charge on any atom is -0.507 e. The van der Waals surface area contributed by atoms with Crippen LogP contribution in [0.5, 0.6) is 0 Å². The summed E-state index contributed by atoms with van der Waals surface area (Å²) < 4.78 is 34.2. The molecule has 230 valence electrons. The third-order valence-corrected chi connectivity index (χ3v) is 9.77. The van der Waals surface area contributed by atoms with Crippen LogP contribution in [0.25, 0.3) is 0 Å². The number of aliphatic hydroxyl groups excluding tert-OH is 1. The van der Waals surface area contributed by atoms with Gasteiger partial charge >= 0.3 is 5.97 Å². The number of aliphatic hydroxyl groups is 1. The van der Waals surface area contributed by atoms with Gasteiger partial charge in [0.2, 0.25) is 0 Å². The largest absolute Gasteiger partial charge is 0.507 e. The first kappa shape index (κ1) is 31.5. The molecular formula is C36H35N3O5S. The number of sulfonamides is 1. The maximum absolute atomic E-state index is 13.9. The summed E-state index contributed by atoms with van der Waals surface area (Å²) in [6.07, 6.45) is 1.77. The summed E-state index contributed by atoms with van der Waals surface area (Å²) in [5, 5.41) is 21.0. The molecule has 1 atom stereocenters. The summed E-state index contributed by atoms with van der Waals surface area (Å²) >= 11 is 0. The molecule has 45 heavy (non-hydrogen) atoms. The molecular weight excluding hydrogens is 586 g/mol. The molecule has 2 heterocycles. The minimum absolute atomic E-state index is 0.117. The molecule has 0 amide bonds. The van der Waals surface area contributed by atoms with Gasteiger partial charge in [0.25, 0.3) is 10.0 Å². The smallest absolute Gasteiger partial charge is 0.339 e. The Morgan fingerprint density at radius 3 is 2.04 bits per heavy atom. The van der Waals surface area contributed by atoms with E-state index in [4.69, 9.17) is 10.00 Å². The van der Waals surface area contributed by atoms with Crippen LogP contribution in [-0.2, 0) is 32.4 Å². The highest BCUT2D eigenvalue weighted by atomic mass is 32.2. The van der Waals surface area contributed by atoms with Gasteiger partial charge in [0, 0.05) is 32.0 Å². The number of rotatable bonds is 9. The molecule has 8 nitrogen and oxygen atoms in total. The maximum Gasteiger partial charge on any atom is 0.339 e. The van der Waals surface area contributed by atoms with Crippen LogP contribution < -0.4 is 4.31 Å².